The molecule has 0 saturated carbocycles. The van der Waals surface area contributed by atoms with Crippen molar-refractivity contribution >= 4 is 15.9 Å². The van der Waals surface area contributed by atoms with Crippen LogP contribution in [0.1, 0.15) is 12.0 Å². The minimum atomic E-state index is -2.48. The average molecular weight is 341 g/mol. The van der Waals surface area contributed by atoms with E-state index in [0.29, 0.717) is 22.9 Å². The molecule has 0 aliphatic rings. The first-order valence-electron chi connectivity index (χ1n) is 5.79. The molecule has 3 N–H and O–H groups in total. The van der Waals surface area contributed by atoms with Crippen molar-refractivity contribution in [3.63, 3.8) is 0 Å². The minimum Gasteiger partial charge on any atom is -0.375 e. The van der Waals surface area contributed by atoms with Gasteiger partial charge in [0.2, 0.25) is 0 Å². The first-order chi connectivity index (χ1) is 9.02. The van der Waals surface area contributed by atoms with Gasteiger partial charge in [-0.1, -0.05) is 22.0 Å². The van der Waals surface area contributed by atoms with Gasteiger partial charge in [0.15, 0.2) is 0 Å². The van der Waals surface area contributed by atoms with Crippen LogP contribution in [0, 0.1) is 5.82 Å². The van der Waals surface area contributed by atoms with E-state index in [1.54, 1.807) is 12.1 Å². The highest BCUT2D eigenvalue weighted by atomic mass is 79.9. The van der Waals surface area contributed by atoms with Crippen LogP contribution >= 0.6 is 15.9 Å². The molecule has 0 aliphatic carbocycles. The first kappa shape index (κ1) is 16.4. The van der Waals surface area contributed by atoms with Crippen LogP contribution in [0.2, 0.25) is 0 Å². The Morgan fingerprint density at radius 1 is 1.37 bits per heavy atom. The van der Waals surface area contributed by atoms with Gasteiger partial charge >= 0.3 is 0 Å². The number of hydrazine groups is 1. The number of alkyl halides is 2. The molecule has 1 unspecified atom stereocenters. The summed E-state index contributed by atoms with van der Waals surface area (Å²) >= 11 is 3.17. The van der Waals surface area contributed by atoms with Crippen molar-refractivity contribution in [2.24, 2.45) is 5.84 Å². The van der Waals surface area contributed by atoms with E-state index in [-0.39, 0.29) is 18.5 Å². The average Bonchev–Trinajstić information content (AvgIpc) is 2.35. The molecular formula is C12H16BrF3N2O. The van der Waals surface area contributed by atoms with Gasteiger partial charge in [0.1, 0.15) is 12.4 Å². The Labute approximate surface area is 118 Å². The van der Waals surface area contributed by atoms with Gasteiger partial charge in [-0.2, -0.15) is 0 Å². The van der Waals surface area contributed by atoms with Crippen LogP contribution in [0.3, 0.4) is 0 Å². The Bertz CT molecular complexity index is 393. The van der Waals surface area contributed by atoms with Crippen molar-refractivity contribution < 1.29 is 17.9 Å². The van der Waals surface area contributed by atoms with E-state index in [2.05, 4.69) is 21.4 Å². The van der Waals surface area contributed by atoms with Crippen LogP contribution in [-0.2, 0) is 11.2 Å². The normalized spacial score (nSPS) is 12.9. The molecule has 0 amide bonds. The molecular weight excluding hydrogens is 325 g/mol. The predicted molar refractivity (Wildman–Crippen MR) is 70.4 cm³/mol. The summed E-state index contributed by atoms with van der Waals surface area (Å²) in [5.41, 5.74) is 3.05. The number of nitrogens with two attached hydrogens (primary N) is 1. The summed E-state index contributed by atoms with van der Waals surface area (Å²) in [6, 6.07) is 4.53. The molecule has 0 fully saturated rings. The summed E-state index contributed by atoms with van der Waals surface area (Å²) in [5.74, 6) is 5.03. The summed E-state index contributed by atoms with van der Waals surface area (Å²) in [6.07, 6.45) is -1.68. The highest BCUT2D eigenvalue weighted by molar-refractivity contribution is 9.10. The fourth-order valence-electron chi connectivity index (χ4n) is 1.60. The zero-order chi connectivity index (χ0) is 14.3. The third-order valence-corrected chi connectivity index (χ3v) is 3.06. The van der Waals surface area contributed by atoms with E-state index in [9.17, 15) is 13.2 Å². The monoisotopic (exact) mass is 340 g/mol. The van der Waals surface area contributed by atoms with Gasteiger partial charge in [-0.25, -0.2) is 13.2 Å². The molecule has 0 saturated heterocycles. The zero-order valence-corrected chi connectivity index (χ0v) is 11.8. The molecule has 3 nitrogen and oxygen atoms in total. The van der Waals surface area contributed by atoms with E-state index in [1.165, 1.54) is 6.07 Å². The van der Waals surface area contributed by atoms with E-state index >= 15 is 0 Å². The van der Waals surface area contributed by atoms with Gasteiger partial charge in [0.25, 0.3) is 6.43 Å². The fraction of sp³-hybridized carbons (Fsp3) is 0.500. The van der Waals surface area contributed by atoms with Crippen molar-refractivity contribution in [2.75, 3.05) is 13.2 Å². The summed E-state index contributed by atoms with van der Waals surface area (Å²) in [6.45, 7) is -0.443. The maximum Gasteiger partial charge on any atom is 0.261 e. The maximum absolute atomic E-state index is 13.6. The molecule has 0 radical (unpaired) electrons. The second-order valence-corrected chi connectivity index (χ2v) is 4.97. The van der Waals surface area contributed by atoms with Crippen LogP contribution in [0.25, 0.3) is 0 Å². The number of ether oxygens (including phenoxy) is 1. The van der Waals surface area contributed by atoms with Crippen molar-refractivity contribution in [3.8, 4) is 0 Å². The quantitative estimate of drug-likeness (QED) is 0.434. The Hall–Kier alpha value is -0.630. The number of rotatable bonds is 8. The lowest BCUT2D eigenvalue weighted by atomic mass is 10.0. The number of benzene rings is 1. The lowest BCUT2D eigenvalue weighted by Gasteiger charge is -2.16. The highest BCUT2D eigenvalue weighted by Crippen LogP contribution is 2.17. The molecule has 0 aromatic heterocycles. The van der Waals surface area contributed by atoms with Crippen LogP contribution in [0.15, 0.2) is 22.7 Å². The molecule has 0 bridgehead atoms. The Kier molecular flexibility index (Phi) is 7.37. The lowest BCUT2D eigenvalue weighted by Crippen LogP contribution is -2.38. The standard InChI is InChI=1S/C12H16BrF3N2O/c13-9-2-1-8(11(14)6-9)5-10(18-17)3-4-19-7-12(15)16/h1-2,6,10,12,18H,3-5,7,17H2. The zero-order valence-electron chi connectivity index (χ0n) is 10.2. The van der Waals surface area contributed by atoms with Crippen LogP contribution in [-0.4, -0.2) is 25.7 Å². The van der Waals surface area contributed by atoms with Crippen LogP contribution in [0.4, 0.5) is 13.2 Å². The first-order valence-corrected chi connectivity index (χ1v) is 6.58. The van der Waals surface area contributed by atoms with Crippen LogP contribution in [0.5, 0.6) is 0 Å². The summed E-state index contributed by atoms with van der Waals surface area (Å²) < 4.78 is 42.8. The molecule has 19 heavy (non-hydrogen) atoms. The largest absolute Gasteiger partial charge is 0.375 e. The summed E-state index contributed by atoms with van der Waals surface area (Å²) in [5, 5.41) is 0. The van der Waals surface area contributed by atoms with Gasteiger partial charge < -0.3 is 4.74 Å². The smallest absolute Gasteiger partial charge is 0.261 e. The number of hydrogen-bond donors (Lipinski definition) is 2. The maximum atomic E-state index is 13.6. The summed E-state index contributed by atoms with van der Waals surface area (Å²) in [7, 11) is 0. The molecule has 1 aromatic carbocycles. The van der Waals surface area contributed by atoms with Gasteiger partial charge in [0, 0.05) is 17.1 Å². The molecule has 1 rings (SSSR count). The van der Waals surface area contributed by atoms with E-state index in [1.807, 2.05) is 0 Å². The fourth-order valence-corrected chi connectivity index (χ4v) is 1.93. The molecule has 1 aromatic rings. The van der Waals surface area contributed by atoms with Crippen molar-refractivity contribution in [1.29, 1.82) is 0 Å². The highest BCUT2D eigenvalue weighted by Gasteiger charge is 2.12. The number of halogens is 4. The van der Waals surface area contributed by atoms with E-state index in [0.717, 1.165) is 0 Å². The van der Waals surface area contributed by atoms with Gasteiger partial charge in [-0.3, -0.25) is 11.3 Å². The predicted octanol–water partition coefficient (Wildman–Crippen LogP) is 2.63. The Morgan fingerprint density at radius 2 is 2.11 bits per heavy atom. The Morgan fingerprint density at radius 3 is 2.68 bits per heavy atom. The van der Waals surface area contributed by atoms with E-state index < -0.39 is 13.0 Å². The topological polar surface area (TPSA) is 47.3 Å². The van der Waals surface area contributed by atoms with Crippen molar-refractivity contribution in [1.82, 2.24) is 5.43 Å². The lowest BCUT2D eigenvalue weighted by molar-refractivity contribution is 0.0144. The summed E-state index contributed by atoms with van der Waals surface area (Å²) in [4.78, 5) is 0. The second kappa shape index (κ2) is 8.52. The van der Waals surface area contributed by atoms with Crippen LogP contribution < -0.4 is 11.3 Å². The minimum absolute atomic E-state index is 0.150. The molecule has 108 valence electrons. The van der Waals surface area contributed by atoms with E-state index in [4.69, 9.17) is 10.6 Å². The van der Waals surface area contributed by atoms with Gasteiger partial charge in [0.05, 0.1) is 0 Å². The third kappa shape index (κ3) is 6.38. The van der Waals surface area contributed by atoms with Crippen molar-refractivity contribution in [2.45, 2.75) is 25.3 Å². The third-order valence-electron chi connectivity index (χ3n) is 2.57. The molecule has 7 heteroatoms. The SMILES string of the molecule is NNC(CCOCC(F)F)Cc1ccc(Br)cc1F. The number of hydrogen-bond acceptors (Lipinski definition) is 3. The van der Waals surface area contributed by atoms with Crippen molar-refractivity contribution in [3.05, 3.63) is 34.1 Å². The molecule has 1 atom stereocenters. The van der Waals surface area contributed by atoms with Gasteiger partial charge in [-0.15, -0.1) is 0 Å². The molecule has 0 heterocycles. The number of nitrogens with one attached hydrogen (secondary N) is 1. The Balaban J connectivity index is 2.43. The van der Waals surface area contributed by atoms with Gasteiger partial charge in [-0.05, 0) is 30.5 Å². The molecule has 0 aliphatic heterocycles. The molecule has 0 spiro atoms. The second-order valence-electron chi connectivity index (χ2n) is 4.06.